The molecule has 1 fully saturated rings. The van der Waals surface area contributed by atoms with E-state index in [4.69, 9.17) is 15.5 Å². The van der Waals surface area contributed by atoms with Gasteiger partial charge in [-0.25, -0.2) is 9.67 Å². The molecule has 1 aliphatic heterocycles. The Kier molecular flexibility index (Phi) is 4.54. The van der Waals surface area contributed by atoms with Crippen molar-refractivity contribution >= 4 is 22.7 Å². The van der Waals surface area contributed by atoms with Crippen LogP contribution in [0.1, 0.15) is 6.92 Å². The summed E-state index contributed by atoms with van der Waals surface area (Å²) in [6.07, 6.45) is 8.96. The number of nitrogen functional groups attached to an aromatic ring is 1. The number of pyridine rings is 2. The quantitative estimate of drug-likeness (QED) is 0.433. The van der Waals surface area contributed by atoms with Gasteiger partial charge in [0.05, 0.1) is 48.9 Å². The highest BCUT2D eigenvalue weighted by atomic mass is 16.5. The number of nitrogens with zero attached hydrogens (tertiary/aromatic N) is 8. The second-order valence-corrected chi connectivity index (χ2v) is 7.97. The molecule has 5 aromatic heterocycles. The molecule has 11 nitrogen and oxygen atoms in total. The van der Waals surface area contributed by atoms with Crippen molar-refractivity contribution in [1.29, 1.82) is 0 Å². The third-order valence-electron chi connectivity index (χ3n) is 5.83. The van der Waals surface area contributed by atoms with E-state index in [0.717, 1.165) is 34.6 Å². The first-order chi connectivity index (χ1) is 16.2. The van der Waals surface area contributed by atoms with Crippen LogP contribution in [0.15, 0.2) is 55.2 Å². The van der Waals surface area contributed by atoms with E-state index in [1.165, 1.54) is 0 Å². The largest absolute Gasteiger partial charge is 0.382 e. The summed E-state index contributed by atoms with van der Waals surface area (Å²) in [6, 6.07) is 7.92. The number of ether oxygens (including phenoxy) is 1. The van der Waals surface area contributed by atoms with Crippen LogP contribution in [0.5, 0.6) is 0 Å². The molecule has 6 heterocycles. The van der Waals surface area contributed by atoms with Crippen LogP contribution in [-0.2, 0) is 4.74 Å². The summed E-state index contributed by atoms with van der Waals surface area (Å²) >= 11 is 0. The monoisotopic (exact) mass is 442 g/mol. The number of aromatic amines is 1. The van der Waals surface area contributed by atoms with Crippen LogP contribution in [0.2, 0.25) is 0 Å². The van der Waals surface area contributed by atoms with Gasteiger partial charge in [-0.2, -0.15) is 14.9 Å². The zero-order valence-electron chi connectivity index (χ0n) is 18.0. The normalized spacial score (nSPS) is 16.5. The summed E-state index contributed by atoms with van der Waals surface area (Å²) in [7, 11) is 0. The van der Waals surface area contributed by atoms with Crippen molar-refractivity contribution in [3.8, 4) is 22.6 Å². The van der Waals surface area contributed by atoms with Crippen LogP contribution in [-0.4, -0.2) is 65.5 Å². The van der Waals surface area contributed by atoms with E-state index in [9.17, 15) is 0 Å². The Hall–Kier alpha value is -4.25. The van der Waals surface area contributed by atoms with Gasteiger partial charge in [-0.05, 0) is 25.1 Å². The molecule has 1 unspecified atom stereocenters. The highest BCUT2D eigenvalue weighted by Crippen LogP contribution is 2.36. The molecule has 6 rings (SSSR count). The van der Waals surface area contributed by atoms with E-state index in [2.05, 4.69) is 43.3 Å². The van der Waals surface area contributed by atoms with Crippen molar-refractivity contribution in [3.05, 3.63) is 55.2 Å². The molecular weight excluding hydrogens is 420 g/mol. The topological polar surface area (TPSA) is 129 Å². The van der Waals surface area contributed by atoms with Crippen LogP contribution in [0.3, 0.4) is 0 Å². The Morgan fingerprint density at radius 2 is 2.15 bits per heavy atom. The second-order valence-electron chi connectivity index (χ2n) is 7.97. The van der Waals surface area contributed by atoms with Gasteiger partial charge in [0.25, 0.3) is 0 Å². The van der Waals surface area contributed by atoms with Gasteiger partial charge in [-0.15, -0.1) is 5.10 Å². The number of H-pyrrole nitrogens is 1. The van der Waals surface area contributed by atoms with Crippen LogP contribution < -0.4 is 10.6 Å². The van der Waals surface area contributed by atoms with Crippen molar-refractivity contribution < 1.29 is 4.74 Å². The van der Waals surface area contributed by atoms with Crippen LogP contribution in [0.25, 0.3) is 33.7 Å². The van der Waals surface area contributed by atoms with Gasteiger partial charge in [-0.1, -0.05) is 0 Å². The molecule has 0 spiro atoms. The van der Waals surface area contributed by atoms with Gasteiger partial charge < -0.3 is 15.4 Å². The van der Waals surface area contributed by atoms with Gasteiger partial charge in [0.1, 0.15) is 5.82 Å². The minimum absolute atomic E-state index is 0.190. The fourth-order valence-electron chi connectivity index (χ4n) is 4.20. The number of rotatable bonds is 4. The van der Waals surface area contributed by atoms with E-state index in [-0.39, 0.29) is 6.04 Å². The molecule has 0 aliphatic carbocycles. The maximum atomic E-state index is 6.42. The summed E-state index contributed by atoms with van der Waals surface area (Å²) in [5.74, 6) is 1.91. The lowest BCUT2D eigenvalue weighted by molar-refractivity contribution is 0.0986. The van der Waals surface area contributed by atoms with Crippen molar-refractivity contribution in [2.24, 2.45) is 0 Å². The van der Waals surface area contributed by atoms with Gasteiger partial charge in [0.2, 0.25) is 0 Å². The number of morpholine rings is 1. The molecule has 33 heavy (non-hydrogen) atoms. The molecule has 0 radical (unpaired) electrons. The van der Waals surface area contributed by atoms with E-state index >= 15 is 0 Å². The summed E-state index contributed by atoms with van der Waals surface area (Å²) in [6.45, 7) is 4.18. The number of nitrogens with two attached hydrogens (primary N) is 1. The maximum Gasteiger partial charge on any atom is 0.169 e. The zero-order valence-corrected chi connectivity index (χ0v) is 18.0. The predicted molar refractivity (Wildman–Crippen MR) is 123 cm³/mol. The number of nitrogens with one attached hydrogen (secondary N) is 1. The lowest BCUT2D eigenvalue weighted by Gasteiger charge is -2.34. The number of aromatic nitrogens is 8. The third kappa shape index (κ3) is 3.29. The molecule has 3 N–H and O–H groups in total. The van der Waals surface area contributed by atoms with Crippen molar-refractivity contribution in [2.75, 3.05) is 30.4 Å². The fourth-order valence-corrected chi connectivity index (χ4v) is 4.20. The minimum atomic E-state index is 0.190. The Morgan fingerprint density at radius 3 is 2.94 bits per heavy atom. The predicted octanol–water partition coefficient (Wildman–Crippen LogP) is 2.20. The Balaban J connectivity index is 1.57. The van der Waals surface area contributed by atoms with Crippen molar-refractivity contribution in [2.45, 2.75) is 13.0 Å². The van der Waals surface area contributed by atoms with E-state index < -0.39 is 0 Å². The minimum Gasteiger partial charge on any atom is -0.382 e. The molecular formula is C22H22N10O. The average molecular weight is 442 g/mol. The fraction of sp³-hybridized carbons (Fsp3) is 0.227. The highest BCUT2D eigenvalue weighted by molar-refractivity contribution is 6.01. The molecule has 5 aromatic rings. The Morgan fingerprint density at radius 1 is 1.21 bits per heavy atom. The number of hydrogen-bond acceptors (Lipinski definition) is 8. The molecule has 0 saturated carbocycles. The van der Waals surface area contributed by atoms with E-state index in [0.29, 0.717) is 30.5 Å². The first-order valence-corrected chi connectivity index (χ1v) is 10.7. The SMILES string of the molecule is CC1COCCN1c1cc(-c2cnn(-c3cccnc3)c2)c2c(N)nn(-c3ccn[nH]3)c2n1. The molecule has 1 aliphatic rings. The number of anilines is 2. The average Bonchev–Trinajstić information content (AvgIpc) is 3.60. The molecule has 0 bridgehead atoms. The first-order valence-electron chi connectivity index (χ1n) is 10.7. The lowest BCUT2D eigenvalue weighted by atomic mass is 10.1. The summed E-state index contributed by atoms with van der Waals surface area (Å²) in [5.41, 5.74) is 9.76. The molecule has 1 atom stereocenters. The first kappa shape index (κ1) is 19.4. The Bertz CT molecular complexity index is 1410. The van der Waals surface area contributed by atoms with Gasteiger partial charge in [0, 0.05) is 36.1 Å². The molecule has 0 amide bonds. The van der Waals surface area contributed by atoms with Crippen LogP contribution in [0, 0.1) is 0 Å². The summed E-state index contributed by atoms with van der Waals surface area (Å²) in [4.78, 5) is 11.4. The van der Waals surface area contributed by atoms with Crippen molar-refractivity contribution in [3.63, 3.8) is 0 Å². The van der Waals surface area contributed by atoms with E-state index in [1.54, 1.807) is 28.0 Å². The number of fused-ring (bicyclic) bond motifs is 1. The molecule has 1 saturated heterocycles. The second kappa shape index (κ2) is 7.71. The van der Waals surface area contributed by atoms with E-state index in [1.807, 2.05) is 30.6 Å². The number of hydrogen-bond donors (Lipinski definition) is 2. The molecule has 0 aromatic carbocycles. The summed E-state index contributed by atoms with van der Waals surface area (Å²) < 4.78 is 9.12. The highest BCUT2D eigenvalue weighted by Gasteiger charge is 2.25. The lowest BCUT2D eigenvalue weighted by Crippen LogP contribution is -2.44. The molecule has 11 heteroatoms. The van der Waals surface area contributed by atoms with Gasteiger partial charge in [-0.3, -0.25) is 10.1 Å². The van der Waals surface area contributed by atoms with Crippen LogP contribution in [0.4, 0.5) is 11.6 Å². The van der Waals surface area contributed by atoms with Crippen LogP contribution >= 0.6 is 0 Å². The standard InChI is InChI=1S/C22H22N10O/c1-14-13-33-8-7-30(14)19-9-17(15-10-26-31(12-15)16-3-2-5-24-11-16)20-21(23)29-32(22(20)27-19)18-4-6-25-28-18/h2-6,9-12,14H,7-8,13H2,1H3,(H2,23,29)(H,25,28). The molecule has 166 valence electrons. The third-order valence-corrected chi connectivity index (χ3v) is 5.83. The smallest absolute Gasteiger partial charge is 0.169 e. The van der Waals surface area contributed by atoms with Gasteiger partial charge >= 0.3 is 0 Å². The van der Waals surface area contributed by atoms with Crippen molar-refractivity contribution in [1.82, 2.24) is 39.7 Å². The Labute approximate surface area is 188 Å². The maximum absolute atomic E-state index is 6.42. The van der Waals surface area contributed by atoms with Gasteiger partial charge in [0.15, 0.2) is 17.3 Å². The zero-order chi connectivity index (χ0) is 22.4. The summed E-state index contributed by atoms with van der Waals surface area (Å²) in [5, 5.41) is 16.9.